The second-order valence-corrected chi connectivity index (χ2v) is 5.37. The van der Waals surface area contributed by atoms with Gasteiger partial charge < -0.3 is 4.84 Å². The molecule has 0 unspecified atom stereocenters. The van der Waals surface area contributed by atoms with E-state index in [1.807, 2.05) is 0 Å². The summed E-state index contributed by atoms with van der Waals surface area (Å²) in [4.78, 5) is 30.0. The first kappa shape index (κ1) is 15.6. The number of hydroxylamine groups is 1. The Morgan fingerprint density at radius 1 is 1.00 bits per heavy atom. The molecule has 2 aromatic carbocycles. The fourth-order valence-electron chi connectivity index (χ4n) is 1.86. The van der Waals surface area contributed by atoms with E-state index in [1.54, 1.807) is 60.7 Å². The highest BCUT2D eigenvalue weighted by atomic mass is 32.1. The summed E-state index contributed by atoms with van der Waals surface area (Å²) in [6.45, 7) is 0. The van der Waals surface area contributed by atoms with E-state index in [1.165, 1.54) is 6.20 Å². The number of nitrogens with zero attached hydrogens (tertiary/aromatic N) is 3. The van der Waals surface area contributed by atoms with Gasteiger partial charge in [0.2, 0.25) is 0 Å². The fraction of sp³-hybridized carbons (Fsp3) is 0. The Hall–Kier alpha value is -3.26. The van der Waals surface area contributed by atoms with E-state index in [-0.39, 0.29) is 0 Å². The second-order valence-electron chi connectivity index (χ2n) is 4.59. The van der Waals surface area contributed by atoms with Crippen molar-refractivity contribution >= 4 is 34.2 Å². The van der Waals surface area contributed by atoms with Gasteiger partial charge in [0, 0.05) is 11.5 Å². The molecule has 0 radical (unpaired) electrons. The minimum Gasteiger partial charge on any atom is -0.326 e. The van der Waals surface area contributed by atoms with E-state index < -0.39 is 12.0 Å². The number of rotatable bonds is 3. The summed E-state index contributed by atoms with van der Waals surface area (Å²) in [5.41, 5.74) is 0.752. The van der Waals surface area contributed by atoms with Crippen LogP contribution in [-0.4, -0.2) is 21.6 Å². The molecule has 1 N–H and O–H groups in total. The molecular formula is C16H12N4O3S. The number of aromatic nitrogens is 2. The third-order valence-corrected chi connectivity index (χ3v) is 3.53. The Balaban J connectivity index is 1.82. The molecule has 2 amide bonds. The summed E-state index contributed by atoms with van der Waals surface area (Å²) in [7, 11) is 0. The number of hydrogen-bond acceptors (Lipinski definition) is 6. The number of anilines is 2. The number of urea groups is 1. The average molecular weight is 340 g/mol. The maximum absolute atomic E-state index is 12.5. The largest absolute Gasteiger partial charge is 0.363 e. The number of nitrogens with one attached hydrogen (secondary N) is 1. The van der Waals surface area contributed by atoms with Gasteiger partial charge in [-0.3, -0.25) is 5.32 Å². The minimum absolute atomic E-state index is 0.339. The van der Waals surface area contributed by atoms with Gasteiger partial charge >= 0.3 is 12.0 Å². The first-order chi connectivity index (χ1) is 11.7. The lowest BCUT2D eigenvalue weighted by molar-refractivity contribution is 0.0490. The SMILES string of the molecule is O=C(ON(C(=O)Nc1cnns1)c1ccccc1)c1ccccc1. The van der Waals surface area contributed by atoms with Crippen molar-refractivity contribution in [3.05, 3.63) is 72.4 Å². The van der Waals surface area contributed by atoms with Crippen LogP contribution in [0.5, 0.6) is 0 Å². The highest BCUT2D eigenvalue weighted by Gasteiger charge is 2.22. The number of para-hydroxylation sites is 1. The molecule has 24 heavy (non-hydrogen) atoms. The molecule has 120 valence electrons. The smallest absolute Gasteiger partial charge is 0.326 e. The van der Waals surface area contributed by atoms with Gasteiger partial charge in [-0.25, -0.2) is 9.59 Å². The Labute approximate surface area is 141 Å². The molecule has 0 saturated heterocycles. The van der Waals surface area contributed by atoms with Crippen LogP contribution in [0.4, 0.5) is 15.5 Å². The van der Waals surface area contributed by atoms with Crippen LogP contribution >= 0.6 is 11.5 Å². The van der Waals surface area contributed by atoms with Gasteiger partial charge in [-0.2, -0.15) is 0 Å². The van der Waals surface area contributed by atoms with Crippen molar-refractivity contribution in [2.24, 2.45) is 0 Å². The van der Waals surface area contributed by atoms with E-state index >= 15 is 0 Å². The third-order valence-electron chi connectivity index (χ3n) is 2.95. The molecule has 3 rings (SSSR count). The zero-order valence-corrected chi connectivity index (χ0v) is 13.1. The first-order valence-electron chi connectivity index (χ1n) is 6.95. The van der Waals surface area contributed by atoms with E-state index in [0.29, 0.717) is 16.3 Å². The van der Waals surface area contributed by atoms with Crippen LogP contribution in [0, 0.1) is 0 Å². The summed E-state index contributed by atoms with van der Waals surface area (Å²) < 4.78 is 3.67. The summed E-state index contributed by atoms with van der Waals surface area (Å²) >= 11 is 1.02. The predicted octanol–water partition coefficient (Wildman–Crippen LogP) is 3.35. The second kappa shape index (κ2) is 7.34. The van der Waals surface area contributed by atoms with Crippen LogP contribution in [-0.2, 0) is 4.84 Å². The summed E-state index contributed by atoms with van der Waals surface area (Å²) in [6.07, 6.45) is 1.41. The lowest BCUT2D eigenvalue weighted by Crippen LogP contribution is -2.37. The van der Waals surface area contributed by atoms with Crippen molar-refractivity contribution in [1.82, 2.24) is 9.59 Å². The molecule has 0 aliphatic heterocycles. The number of carbonyl (C=O) groups is 2. The number of amides is 2. The first-order valence-corrected chi connectivity index (χ1v) is 7.72. The van der Waals surface area contributed by atoms with Crippen LogP contribution in [0.2, 0.25) is 0 Å². The molecule has 0 saturated carbocycles. The molecule has 7 nitrogen and oxygen atoms in total. The summed E-state index contributed by atoms with van der Waals surface area (Å²) in [5.74, 6) is -0.642. The van der Waals surface area contributed by atoms with Crippen molar-refractivity contribution in [3.63, 3.8) is 0 Å². The van der Waals surface area contributed by atoms with Crippen molar-refractivity contribution in [2.45, 2.75) is 0 Å². The molecule has 0 aliphatic rings. The van der Waals surface area contributed by atoms with Crippen LogP contribution < -0.4 is 10.4 Å². The molecular weight excluding hydrogens is 328 g/mol. The Kier molecular flexibility index (Phi) is 4.78. The Morgan fingerprint density at radius 3 is 2.29 bits per heavy atom. The zero-order valence-electron chi connectivity index (χ0n) is 12.3. The van der Waals surface area contributed by atoms with Crippen LogP contribution in [0.1, 0.15) is 10.4 Å². The van der Waals surface area contributed by atoms with Gasteiger partial charge in [-0.15, -0.1) is 10.2 Å². The molecule has 1 aromatic heterocycles. The Bertz CT molecular complexity index is 810. The van der Waals surface area contributed by atoms with E-state index in [9.17, 15) is 9.59 Å². The molecule has 0 bridgehead atoms. The maximum Gasteiger partial charge on any atom is 0.363 e. The van der Waals surface area contributed by atoms with Crippen LogP contribution in [0.3, 0.4) is 0 Å². The molecule has 0 atom stereocenters. The third kappa shape index (κ3) is 3.73. The molecule has 0 aliphatic carbocycles. The highest BCUT2D eigenvalue weighted by Crippen LogP contribution is 2.18. The normalized spacial score (nSPS) is 10.0. The average Bonchev–Trinajstić information content (AvgIpc) is 3.14. The monoisotopic (exact) mass is 340 g/mol. The van der Waals surface area contributed by atoms with E-state index in [4.69, 9.17) is 4.84 Å². The van der Waals surface area contributed by atoms with E-state index in [0.717, 1.165) is 16.6 Å². The van der Waals surface area contributed by atoms with Gasteiger partial charge in [0.25, 0.3) is 0 Å². The van der Waals surface area contributed by atoms with Crippen molar-refractivity contribution in [1.29, 1.82) is 0 Å². The van der Waals surface area contributed by atoms with Gasteiger partial charge in [0.15, 0.2) is 0 Å². The number of hydrogen-bond donors (Lipinski definition) is 1. The Morgan fingerprint density at radius 2 is 1.67 bits per heavy atom. The number of benzene rings is 2. The van der Waals surface area contributed by atoms with Gasteiger partial charge in [-0.1, -0.05) is 40.9 Å². The molecule has 8 heteroatoms. The number of carbonyl (C=O) groups excluding carboxylic acids is 2. The zero-order chi connectivity index (χ0) is 16.8. The minimum atomic E-state index is -0.642. The predicted molar refractivity (Wildman–Crippen MR) is 89.7 cm³/mol. The van der Waals surface area contributed by atoms with Crippen LogP contribution in [0.25, 0.3) is 0 Å². The maximum atomic E-state index is 12.5. The van der Waals surface area contributed by atoms with Crippen LogP contribution in [0.15, 0.2) is 66.9 Å². The van der Waals surface area contributed by atoms with Gasteiger partial charge in [0.1, 0.15) is 5.00 Å². The molecule has 1 heterocycles. The molecule has 0 fully saturated rings. The summed E-state index contributed by atoms with van der Waals surface area (Å²) in [5, 5.41) is 7.56. The quantitative estimate of drug-likeness (QED) is 0.739. The lowest BCUT2D eigenvalue weighted by atomic mass is 10.2. The lowest BCUT2D eigenvalue weighted by Gasteiger charge is -2.20. The molecule has 3 aromatic rings. The fourth-order valence-corrected chi connectivity index (χ4v) is 2.27. The van der Waals surface area contributed by atoms with Crippen molar-refractivity contribution < 1.29 is 14.4 Å². The standard InChI is InChI=1S/C16H12N4O3S/c21-15(12-7-3-1-4-8-12)23-20(13-9-5-2-6-10-13)16(22)18-14-11-17-19-24-14/h1-11H,(H,18,22). The highest BCUT2D eigenvalue weighted by molar-refractivity contribution is 7.10. The van der Waals surface area contributed by atoms with Gasteiger partial charge in [0.05, 0.1) is 17.4 Å². The molecule has 0 spiro atoms. The van der Waals surface area contributed by atoms with E-state index in [2.05, 4.69) is 14.9 Å². The van der Waals surface area contributed by atoms with Crippen molar-refractivity contribution in [2.75, 3.05) is 10.4 Å². The van der Waals surface area contributed by atoms with Gasteiger partial charge in [-0.05, 0) is 24.3 Å². The topological polar surface area (TPSA) is 84.4 Å². The summed E-state index contributed by atoms with van der Waals surface area (Å²) in [6, 6.07) is 16.4. The van der Waals surface area contributed by atoms with Crippen molar-refractivity contribution in [3.8, 4) is 0 Å².